The summed E-state index contributed by atoms with van der Waals surface area (Å²) in [5.74, 6) is -0.0314. The second-order valence-corrected chi connectivity index (χ2v) is 8.59. The molecule has 0 unspecified atom stereocenters. The predicted octanol–water partition coefficient (Wildman–Crippen LogP) is 5.32. The highest BCUT2D eigenvalue weighted by Gasteiger charge is 2.43. The van der Waals surface area contributed by atoms with Gasteiger partial charge in [-0.3, -0.25) is 9.59 Å². The van der Waals surface area contributed by atoms with Crippen molar-refractivity contribution in [2.45, 2.75) is 26.7 Å². The molecule has 0 spiro atoms. The zero-order valence-corrected chi connectivity index (χ0v) is 17.9. The third-order valence-electron chi connectivity index (χ3n) is 5.72. The van der Waals surface area contributed by atoms with E-state index < -0.39 is 0 Å². The number of aryl methyl sites for hydroxylation is 1. The van der Waals surface area contributed by atoms with E-state index in [0.717, 1.165) is 31.5 Å². The van der Waals surface area contributed by atoms with Crippen molar-refractivity contribution in [3.05, 3.63) is 69.3 Å². The number of carbonyl (C=O) groups excluding carboxylic acids is 2. The maximum atomic E-state index is 13.6. The minimum Gasteiger partial charge on any atom is -0.366 e. The molecule has 0 N–H and O–H groups in total. The van der Waals surface area contributed by atoms with Crippen molar-refractivity contribution in [3.8, 4) is 0 Å². The van der Waals surface area contributed by atoms with Crippen LogP contribution in [0.4, 0.5) is 5.69 Å². The van der Waals surface area contributed by atoms with Gasteiger partial charge >= 0.3 is 0 Å². The normalized spacial score (nSPS) is 18.2. The molecule has 2 aliphatic rings. The first kappa shape index (κ1) is 20.0. The Morgan fingerprint density at radius 3 is 2.31 bits per heavy atom. The molecule has 1 fully saturated rings. The van der Waals surface area contributed by atoms with Gasteiger partial charge in [0.2, 0.25) is 0 Å². The van der Waals surface area contributed by atoms with Gasteiger partial charge in [0.05, 0.1) is 16.3 Å². The van der Waals surface area contributed by atoms with E-state index in [0.29, 0.717) is 38.5 Å². The third-order valence-corrected chi connectivity index (χ3v) is 6.26. The molecule has 6 heteroatoms. The lowest BCUT2D eigenvalue weighted by atomic mass is 9.97. The van der Waals surface area contributed by atoms with Crippen LogP contribution in [0, 0.1) is 12.8 Å². The Balaban J connectivity index is 1.86. The summed E-state index contributed by atoms with van der Waals surface area (Å²) in [4.78, 5) is 30.4. The Labute approximate surface area is 180 Å². The fourth-order valence-electron chi connectivity index (χ4n) is 4.01. The molecule has 0 radical (unpaired) electrons. The second kappa shape index (κ2) is 7.85. The fourth-order valence-corrected chi connectivity index (χ4v) is 4.51. The number of para-hydroxylation sites is 1. The molecular weight excluding hydrogens is 407 g/mol. The van der Waals surface area contributed by atoms with E-state index in [-0.39, 0.29) is 11.8 Å². The van der Waals surface area contributed by atoms with Gasteiger partial charge in [-0.05, 0) is 49.4 Å². The molecule has 0 aromatic heterocycles. The zero-order valence-electron chi connectivity index (χ0n) is 16.4. The van der Waals surface area contributed by atoms with Crippen LogP contribution in [0.5, 0.6) is 0 Å². The topological polar surface area (TPSA) is 40.6 Å². The van der Waals surface area contributed by atoms with E-state index in [9.17, 15) is 9.59 Å². The van der Waals surface area contributed by atoms with Crippen molar-refractivity contribution in [1.29, 1.82) is 0 Å². The number of amides is 2. The van der Waals surface area contributed by atoms with E-state index in [1.165, 1.54) is 4.90 Å². The highest BCUT2D eigenvalue weighted by atomic mass is 35.5. The Bertz CT molecular complexity index is 1020. The smallest absolute Gasteiger partial charge is 0.282 e. The number of benzene rings is 2. The lowest BCUT2D eigenvalue weighted by Gasteiger charge is -2.32. The monoisotopic (exact) mass is 428 g/mol. The number of carbonyl (C=O) groups is 2. The molecular formula is C23H22Cl2N2O2. The molecule has 1 saturated heterocycles. The molecule has 0 saturated carbocycles. The summed E-state index contributed by atoms with van der Waals surface area (Å²) < 4.78 is 0. The quantitative estimate of drug-likeness (QED) is 0.621. The molecule has 2 aliphatic heterocycles. The van der Waals surface area contributed by atoms with Crippen molar-refractivity contribution in [1.82, 2.24) is 4.90 Å². The molecule has 29 heavy (non-hydrogen) atoms. The van der Waals surface area contributed by atoms with Crippen molar-refractivity contribution >= 4 is 46.3 Å². The van der Waals surface area contributed by atoms with Crippen LogP contribution in [0.3, 0.4) is 0 Å². The third kappa shape index (κ3) is 3.56. The van der Waals surface area contributed by atoms with Crippen molar-refractivity contribution < 1.29 is 9.59 Å². The van der Waals surface area contributed by atoms with Gasteiger partial charge in [-0.15, -0.1) is 0 Å². The van der Waals surface area contributed by atoms with Gasteiger partial charge in [0.15, 0.2) is 0 Å². The van der Waals surface area contributed by atoms with E-state index in [2.05, 4.69) is 6.92 Å². The molecule has 4 nitrogen and oxygen atoms in total. The van der Waals surface area contributed by atoms with Crippen LogP contribution < -0.4 is 4.90 Å². The lowest BCUT2D eigenvalue weighted by Crippen LogP contribution is -2.38. The molecule has 150 valence electrons. The summed E-state index contributed by atoms with van der Waals surface area (Å²) in [5, 5.41) is 0.850. The predicted molar refractivity (Wildman–Crippen MR) is 117 cm³/mol. The van der Waals surface area contributed by atoms with E-state index in [4.69, 9.17) is 23.2 Å². The van der Waals surface area contributed by atoms with Crippen LogP contribution in [-0.4, -0.2) is 29.8 Å². The molecule has 2 aromatic rings. The summed E-state index contributed by atoms with van der Waals surface area (Å²) in [6, 6.07) is 12.4. The molecule has 4 rings (SSSR count). The van der Waals surface area contributed by atoms with Crippen LogP contribution in [-0.2, 0) is 9.59 Å². The summed E-state index contributed by atoms with van der Waals surface area (Å²) in [5.41, 5.74) is 2.80. The number of halogens is 2. The minimum absolute atomic E-state index is 0.292. The van der Waals surface area contributed by atoms with Crippen LogP contribution >= 0.6 is 23.2 Å². The molecule has 0 aliphatic carbocycles. The first-order chi connectivity index (χ1) is 13.9. The summed E-state index contributed by atoms with van der Waals surface area (Å²) in [6.45, 7) is 5.59. The van der Waals surface area contributed by atoms with Crippen LogP contribution in [0.25, 0.3) is 5.57 Å². The van der Waals surface area contributed by atoms with Gasteiger partial charge in [0, 0.05) is 23.7 Å². The van der Waals surface area contributed by atoms with Gasteiger partial charge in [0.1, 0.15) is 5.70 Å². The average Bonchev–Trinajstić information content (AvgIpc) is 2.94. The molecule has 0 bridgehead atoms. The Morgan fingerprint density at radius 1 is 0.966 bits per heavy atom. The molecule has 0 atom stereocenters. The summed E-state index contributed by atoms with van der Waals surface area (Å²) in [6.07, 6.45) is 1.97. The number of imide groups is 1. The maximum absolute atomic E-state index is 13.6. The summed E-state index contributed by atoms with van der Waals surface area (Å²) >= 11 is 12.5. The van der Waals surface area contributed by atoms with Crippen LogP contribution in [0.2, 0.25) is 10.0 Å². The van der Waals surface area contributed by atoms with E-state index >= 15 is 0 Å². The molecule has 2 amide bonds. The van der Waals surface area contributed by atoms with Gasteiger partial charge in [-0.2, -0.15) is 0 Å². The number of likely N-dealkylation sites (tertiary alicyclic amines) is 1. The maximum Gasteiger partial charge on any atom is 0.282 e. The highest BCUT2D eigenvalue weighted by molar-refractivity contribution is 6.47. The number of hydrogen-bond acceptors (Lipinski definition) is 3. The number of nitrogens with zero attached hydrogens (tertiary/aromatic N) is 2. The largest absolute Gasteiger partial charge is 0.366 e. The molecule has 2 heterocycles. The Hall–Kier alpha value is -2.30. The first-order valence-electron chi connectivity index (χ1n) is 9.77. The summed E-state index contributed by atoms with van der Waals surface area (Å²) in [7, 11) is 0. The Kier molecular flexibility index (Phi) is 5.41. The van der Waals surface area contributed by atoms with Crippen molar-refractivity contribution in [2.75, 3.05) is 18.0 Å². The van der Waals surface area contributed by atoms with E-state index in [1.807, 2.05) is 30.0 Å². The second-order valence-electron chi connectivity index (χ2n) is 7.75. The van der Waals surface area contributed by atoms with Gasteiger partial charge < -0.3 is 4.90 Å². The molecule has 2 aromatic carbocycles. The van der Waals surface area contributed by atoms with Gasteiger partial charge in [-0.25, -0.2) is 4.90 Å². The van der Waals surface area contributed by atoms with Crippen LogP contribution in [0.1, 0.15) is 30.9 Å². The Morgan fingerprint density at radius 2 is 1.66 bits per heavy atom. The highest BCUT2D eigenvalue weighted by Crippen LogP contribution is 2.39. The van der Waals surface area contributed by atoms with Gasteiger partial charge in [0.25, 0.3) is 11.8 Å². The first-order valence-corrected chi connectivity index (χ1v) is 10.5. The minimum atomic E-state index is -0.345. The number of rotatable bonds is 3. The van der Waals surface area contributed by atoms with Crippen molar-refractivity contribution in [2.24, 2.45) is 5.92 Å². The zero-order chi connectivity index (χ0) is 20.7. The lowest BCUT2D eigenvalue weighted by molar-refractivity contribution is -0.120. The van der Waals surface area contributed by atoms with Crippen molar-refractivity contribution in [3.63, 3.8) is 0 Å². The SMILES string of the molecule is Cc1ccccc1N1C(=O)C(c2ccc(Cl)cc2Cl)=C(N2CCC(C)CC2)C1=O. The standard InChI is InChI=1S/C23H22Cl2N2O2/c1-14-9-11-26(12-10-14)21-20(17-8-7-16(24)13-18(17)25)22(28)27(23(21)29)19-6-4-3-5-15(19)2/h3-8,13-14H,9-12H2,1-2H3. The average molecular weight is 429 g/mol. The fraction of sp³-hybridized carbons (Fsp3) is 0.304. The van der Waals surface area contributed by atoms with E-state index in [1.54, 1.807) is 24.3 Å². The number of anilines is 1. The number of piperidine rings is 1. The number of hydrogen-bond donors (Lipinski definition) is 0. The van der Waals surface area contributed by atoms with Gasteiger partial charge in [-0.1, -0.05) is 54.4 Å². The van der Waals surface area contributed by atoms with Crippen LogP contribution in [0.15, 0.2) is 48.2 Å².